The lowest BCUT2D eigenvalue weighted by Gasteiger charge is -2.19. The number of halogens is 2. The van der Waals surface area contributed by atoms with Crippen LogP contribution in [0.5, 0.6) is 11.5 Å². The number of pyridine rings is 1. The zero-order valence-electron chi connectivity index (χ0n) is 21.4. The Kier molecular flexibility index (Phi) is 7.88. The quantitative estimate of drug-likeness (QED) is 0.325. The predicted octanol–water partition coefficient (Wildman–Crippen LogP) is 4.94. The fraction of sp³-hybridized carbons (Fsp3) is 0.370. The lowest BCUT2D eigenvalue weighted by Crippen LogP contribution is -2.29. The van der Waals surface area contributed by atoms with Gasteiger partial charge in [0.15, 0.2) is 11.6 Å². The number of carbonyl (C=O) groups is 2. The summed E-state index contributed by atoms with van der Waals surface area (Å²) in [6, 6.07) is 3.22. The smallest absolute Gasteiger partial charge is 0.228 e. The van der Waals surface area contributed by atoms with E-state index < -0.39 is 0 Å². The highest BCUT2D eigenvalue weighted by Gasteiger charge is 2.32. The Bertz CT molecular complexity index is 1430. The van der Waals surface area contributed by atoms with Gasteiger partial charge in [0.2, 0.25) is 5.91 Å². The number of hydrogen-bond acceptors (Lipinski definition) is 9. The Hall–Kier alpha value is -3.47. The number of ketones is 1. The van der Waals surface area contributed by atoms with Crippen LogP contribution in [0.4, 0.5) is 11.6 Å². The zero-order valence-corrected chi connectivity index (χ0v) is 22.9. The first-order chi connectivity index (χ1) is 18.8. The van der Waals surface area contributed by atoms with Gasteiger partial charge in [-0.2, -0.15) is 0 Å². The fourth-order valence-electron chi connectivity index (χ4n) is 4.46. The van der Waals surface area contributed by atoms with Gasteiger partial charge in [-0.05, 0) is 25.0 Å². The Morgan fingerprint density at radius 1 is 1.13 bits per heavy atom. The molecule has 39 heavy (non-hydrogen) atoms. The fourth-order valence-corrected chi connectivity index (χ4v) is 5.13. The molecule has 0 radical (unpaired) electrons. The van der Waals surface area contributed by atoms with Crippen LogP contribution < -0.4 is 20.1 Å². The standard InChI is InChI=1S/C27H27Cl2N5O5/c1-4-15(35)7-14-11-39-12-18(14)31-21-8-16-17(10-30-21)32-26(33-25(16)34-27(36)13-5-6-13)22-23(28)19(37-2)9-20(38-3)24(22)29/h4,8-10,13-14,18H,1,5-7,11-12H2,2-3H3,(H,30,31)(H,32,33,34,36)/t14-,18+/m0/s1. The topological polar surface area (TPSA) is 125 Å². The molecule has 2 aliphatic rings. The average molecular weight is 572 g/mol. The first kappa shape index (κ1) is 27.1. The van der Waals surface area contributed by atoms with E-state index in [0.29, 0.717) is 59.2 Å². The second-order valence-electron chi connectivity index (χ2n) is 9.45. The molecule has 10 nitrogen and oxygen atoms in total. The first-order valence-corrected chi connectivity index (χ1v) is 13.2. The normalized spacial score (nSPS) is 18.6. The minimum atomic E-state index is -0.125. The summed E-state index contributed by atoms with van der Waals surface area (Å²) in [4.78, 5) is 38.6. The van der Waals surface area contributed by atoms with E-state index in [1.54, 1.807) is 18.3 Å². The molecule has 3 heterocycles. The van der Waals surface area contributed by atoms with Crippen molar-refractivity contribution < 1.29 is 23.8 Å². The van der Waals surface area contributed by atoms with Crippen molar-refractivity contribution in [2.75, 3.05) is 38.1 Å². The number of allylic oxidation sites excluding steroid dienone is 1. The van der Waals surface area contributed by atoms with Crippen molar-refractivity contribution in [3.63, 3.8) is 0 Å². The molecule has 12 heteroatoms. The molecular formula is C27H27Cl2N5O5. The van der Waals surface area contributed by atoms with E-state index in [2.05, 4.69) is 32.2 Å². The summed E-state index contributed by atoms with van der Waals surface area (Å²) >= 11 is 13.3. The Morgan fingerprint density at radius 3 is 2.49 bits per heavy atom. The van der Waals surface area contributed by atoms with Gasteiger partial charge < -0.3 is 24.8 Å². The number of benzene rings is 1. The van der Waals surface area contributed by atoms with Crippen LogP contribution in [0.1, 0.15) is 19.3 Å². The van der Waals surface area contributed by atoms with Gasteiger partial charge in [0.1, 0.15) is 23.1 Å². The summed E-state index contributed by atoms with van der Waals surface area (Å²) in [5.41, 5.74) is 0.769. The molecule has 1 saturated carbocycles. The summed E-state index contributed by atoms with van der Waals surface area (Å²) in [7, 11) is 2.96. The molecule has 0 spiro atoms. The maximum atomic E-state index is 12.8. The molecule has 0 unspecified atom stereocenters. The van der Waals surface area contributed by atoms with Gasteiger partial charge in [-0.25, -0.2) is 15.0 Å². The van der Waals surface area contributed by atoms with E-state index in [1.807, 2.05) is 0 Å². The highest BCUT2D eigenvalue weighted by Crippen LogP contribution is 2.45. The molecule has 2 aromatic heterocycles. The number of nitrogens with one attached hydrogen (secondary N) is 2. The third kappa shape index (κ3) is 5.63. The lowest BCUT2D eigenvalue weighted by molar-refractivity contribution is -0.117. The molecule has 1 aliphatic heterocycles. The SMILES string of the molecule is C=CC(=O)C[C@H]1COC[C@H]1Nc1cc2c(NC(=O)C3CC3)nc(-c3c(Cl)c(OC)cc(OC)c3Cl)nc2cn1. The van der Waals surface area contributed by atoms with Gasteiger partial charge in [-0.1, -0.05) is 29.8 Å². The van der Waals surface area contributed by atoms with Crippen molar-refractivity contribution in [3.8, 4) is 22.9 Å². The van der Waals surface area contributed by atoms with Crippen molar-refractivity contribution in [2.24, 2.45) is 11.8 Å². The summed E-state index contributed by atoms with van der Waals surface area (Å²) in [6.45, 7) is 4.45. The molecule has 3 aromatic rings. The van der Waals surface area contributed by atoms with Gasteiger partial charge >= 0.3 is 0 Å². The van der Waals surface area contributed by atoms with Gasteiger partial charge in [-0.15, -0.1) is 0 Å². The molecule has 2 atom stereocenters. The summed E-state index contributed by atoms with van der Waals surface area (Å²) in [5.74, 6) is 1.44. The van der Waals surface area contributed by atoms with Gasteiger partial charge in [0.25, 0.3) is 0 Å². The van der Waals surface area contributed by atoms with E-state index in [1.165, 1.54) is 20.3 Å². The van der Waals surface area contributed by atoms with Crippen LogP contribution in [0.3, 0.4) is 0 Å². The molecule has 204 valence electrons. The maximum absolute atomic E-state index is 12.8. The van der Waals surface area contributed by atoms with Crippen molar-refractivity contribution >= 4 is 57.4 Å². The average Bonchev–Trinajstić information content (AvgIpc) is 3.70. The molecule has 5 rings (SSSR count). The number of anilines is 2. The number of carbonyl (C=O) groups excluding carboxylic acids is 2. The molecule has 0 bridgehead atoms. The molecular weight excluding hydrogens is 545 g/mol. The Balaban J connectivity index is 1.57. The van der Waals surface area contributed by atoms with Crippen molar-refractivity contribution in [2.45, 2.75) is 25.3 Å². The van der Waals surface area contributed by atoms with E-state index in [4.69, 9.17) is 37.4 Å². The minimum Gasteiger partial charge on any atom is -0.495 e. The van der Waals surface area contributed by atoms with Gasteiger partial charge in [-0.3, -0.25) is 9.59 Å². The van der Waals surface area contributed by atoms with Crippen molar-refractivity contribution in [3.05, 3.63) is 41.0 Å². The number of nitrogens with zero attached hydrogens (tertiary/aromatic N) is 3. The Labute approximate surface area is 235 Å². The summed E-state index contributed by atoms with van der Waals surface area (Å²) in [5, 5.41) is 7.28. The highest BCUT2D eigenvalue weighted by molar-refractivity contribution is 6.41. The third-order valence-electron chi connectivity index (χ3n) is 6.79. The van der Waals surface area contributed by atoms with Gasteiger partial charge in [0, 0.05) is 29.7 Å². The van der Waals surface area contributed by atoms with Crippen LogP contribution in [0.25, 0.3) is 22.3 Å². The summed E-state index contributed by atoms with van der Waals surface area (Å²) < 4.78 is 16.4. The molecule has 2 N–H and O–H groups in total. The highest BCUT2D eigenvalue weighted by atomic mass is 35.5. The number of ether oxygens (including phenoxy) is 3. The number of aromatic nitrogens is 3. The molecule has 1 amide bonds. The van der Waals surface area contributed by atoms with Crippen LogP contribution >= 0.6 is 23.2 Å². The number of rotatable bonds is 10. The minimum absolute atomic E-state index is 0.0204. The van der Waals surface area contributed by atoms with Crippen LogP contribution in [0, 0.1) is 11.8 Å². The predicted molar refractivity (Wildman–Crippen MR) is 149 cm³/mol. The van der Waals surface area contributed by atoms with Crippen LogP contribution in [-0.4, -0.2) is 60.1 Å². The van der Waals surface area contributed by atoms with Gasteiger partial charge in [0.05, 0.1) is 60.8 Å². The lowest BCUT2D eigenvalue weighted by atomic mass is 9.97. The zero-order chi connectivity index (χ0) is 27.7. The largest absolute Gasteiger partial charge is 0.495 e. The summed E-state index contributed by atoms with van der Waals surface area (Å²) in [6.07, 6.45) is 4.88. The van der Waals surface area contributed by atoms with E-state index in [9.17, 15) is 9.59 Å². The molecule has 1 aliphatic carbocycles. The van der Waals surface area contributed by atoms with E-state index in [0.717, 1.165) is 12.8 Å². The molecule has 2 fully saturated rings. The second-order valence-corrected chi connectivity index (χ2v) is 10.2. The van der Waals surface area contributed by atoms with Crippen molar-refractivity contribution in [1.29, 1.82) is 0 Å². The number of fused-ring (bicyclic) bond motifs is 1. The van der Waals surface area contributed by atoms with Crippen molar-refractivity contribution in [1.82, 2.24) is 15.0 Å². The van der Waals surface area contributed by atoms with E-state index >= 15 is 0 Å². The first-order valence-electron chi connectivity index (χ1n) is 12.4. The van der Waals surface area contributed by atoms with Crippen LogP contribution in [0.15, 0.2) is 31.0 Å². The number of methoxy groups -OCH3 is 2. The number of amides is 1. The maximum Gasteiger partial charge on any atom is 0.228 e. The van der Waals surface area contributed by atoms with E-state index in [-0.39, 0.29) is 45.4 Å². The number of hydrogen-bond donors (Lipinski definition) is 2. The van der Waals surface area contributed by atoms with Crippen LogP contribution in [0.2, 0.25) is 10.0 Å². The van der Waals surface area contributed by atoms with Crippen LogP contribution in [-0.2, 0) is 14.3 Å². The third-order valence-corrected chi connectivity index (χ3v) is 7.54. The Morgan fingerprint density at radius 2 is 1.85 bits per heavy atom. The molecule has 1 aromatic carbocycles. The second kappa shape index (κ2) is 11.3. The monoisotopic (exact) mass is 571 g/mol. The molecule has 1 saturated heterocycles.